The van der Waals surface area contributed by atoms with Gasteiger partial charge in [-0.2, -0.15) is 0 Å². The molecule has 2 aromatic rings. The Morgan fingerprint density at radius 1 is 1.25 bits per heavy atom. The highest BCUT2D eigenvalue weighted by Crippen LogP contribution is 2.33. The molecule has 0 saturated heterocycles. The number of hydrogen-bond acceptors (Lipinski definition) is 2. The molecule has 0 aliphatic rings. The maximum absolute atomic E-state index is 10.2. The molecule has 84 valence electrons. The van der Waals surface area contributed by atoms with E-state index >= 15 is 0 Å². The fraction of sp³-hybridized carbons (Fsp3) is 0.231. The number of hydrogen-bond donors (Lipinski definition) is 2. The van der Waals surface area contributed by atoms with Crippen LogP contribution < -0.4 is 0 Å². The van der Waals surface area contributed by atoms with Gasteiger partial charge in [0.2, 0.25) is 0 Å². The molecule has 0 aliphatic heterocycles. The smallest absolute Gasteiger partial charge is 0.126 e. The molecule has 0 fully saturated rings. The number of rotatable bonds is 2. The van der Waals surface area contributed by atoms with Crippen LogP contribution in [0, 0.1) is 6.92 Å². The van der Waals surface area contributed by atoms with Crippen LogP contribution >= 0.6 is 15.9 Å². The Bertz CT molecular complexity index is 535. The standard InChI is InChI=1S/C13H13BrO2/c1-8-6-9-2-3-10(14)7-12(9)13(16)11(8)4-5-15/h2-3,6-7,15-16H,4-5H2,1H3. The second kappa shape index (κ2) is 4.44. The zero-order valence-electron chi connectivity index (χ0n) is 9.00. The van der Waals surface area contributed by atoms with Gasteiger partial charge in [-0.05, 0) is 42.0 Å². The number of halogens is 1. The van der Waals surface area contributed by atoms with Crippen molar-refractivity contribution >= 4 is 26.7 Å². The van der Waals surface area contributed by atoms with Gasteiger partial charge in [0, 0.05) is 16.5 Å². The molecule has 16 heavy (non-hydrogen) atoms. The van der Waals surface area contributed by atoms with E-state index in [1.54, 1.807) is 0 Å². The summed E-state index contributed by atoms with van der Waals surface area (Å²) >= 11 is 3.39. The number of phenols is 1. The van der Waals surface area contributed by atoms with E-state index in [1.807, 2.05) is 31.2 Å². The van der Waals surface area contributed by atoms with Crippen LogP contribution in [0.5, 0.6) is 5.75 Å². The zero-order valence-corrected chi connectivity index (χ0v) is 10.6. The van der Waals surface area contributed by atoms with Crippen molar-refractivity contribution in [3.63, 3.8) is 0 Å². The topological polar surface area (TPSA) is 40.5 Å². The van der Waals surface area contributed by atoms with Crippen molar-refractivity contribution in [2.45, 2.75) is 13.3 Å². The Labute approximate surface area is 103 Å². The Hall–Kier alpha value is -1.06. The average Bonchev–Trinajstić information content (AvgIpc) is 2.26. The number of benzene rings is 2. The second-order valence-corrected chi connectivity index (χ2v) is 4.78. The maximum atomic E-state index is 10.2. The number of phenolic OH excluding ortho intramolecular Hbond substituents is 1. The quantitative estimate of drug-likeness (QED) is 0.887. The van der Waals surface area contributed by atoms with E-state index in [0.29, 0.717) is 6.42 Å². The molecular formula is C13H13BrO2. The molecule has 0 radical (unpaired) electrons. The minimum atomic E-state index is 0.0495. The van der Waals surface area contributed by atoms with Gasteiger partial charge >= 0.3 is 0 Å². The molecule has 2 nitrogen and oxygen atoms in total. The first-order valence-corrected chi connectivity index (χ1v) is 5.94. The highest BCUT2D eigenvalue weighted by molar-refractivity contribution is 9.10. The third-order valence-electron chi connectivity index (χ3n) is 2.77. The molecule has 0 unspecified atom stereocenters. The third-order valence-corrected chi connectivity index (χ3v) is 3.26. The van der Waals surface area contributed by atoms with Crippen molar-refractivity contribution in [2.24, 2.45) is 0 Å². The van der Waals surface area contributed by atoms with Gasteiger partial charge in [-0.25, -0.2) is 0 Å². The molecule has 2 rings (SSSR count). The summed E-state index contributed by atoms with van der Waals surface area (Å²) in [7, 11) is 0. The van der Waals surface area contributed by atoms with E-state index in [-0.39, 0.29) is 12.4 Å². The van der Waals surface area contributed by atoms with Crippen LogP contribution in [0.1, 0.15) is 11.1 Å². The van der Waals surface area contributed by atoms with Gasteiger partial charge < -0.3 is 10.2 Å². The second-order valence-electron chi connectivity index (χ2n) is 3.86. The average molecular weight is 281 g/mol. The van der Waals surface area contributed by atoms with Crippen molar-refractivity contribution < 1.29 is 10.2 Å². The van der Waals surface area contributed by atoms with Crippen LogP contribution in [0.25, 0.3) is 10.8 Å². The van der Waals surface area contributed by atoms with Crippen LogP contribution in [-0.2, 0) is 6.42 Å². The molecule has 2 N–H and O–H groups in total. The third kappa shape index (κ3) is 1.93. The molecule has 0 aromatic heterocycles. The van der Waals surface area contributed by atoms with Gasteiger partial charge in [0.25, 0.3) is 0 Å². The van der Waals surface area contributed by atoms with Crippen molar-refractivity contribution in [3.05, 3.63) is 39.9 Å². The van der Waals surface area contributed by atoms with E-state index in [2.05, 4.69) is 15.9 Å². The minimum absolute atomic E-state index is 0.0495. The summed E-state index contributed by atoms with van der Waals surface area (Å²) in [6.45, 7) is 2.00. The predicted octanol–water partition coefficient (Wildman–Crippen LogP) is 3.15. The minimum Gasteiger partial charge on any atom is -0.507 e. The van der Waals surface area contributed by atoms with Crippen molar-refractivity contribution in [3.8, 4) is 5.75 Å². The van der Waals surface area contributed by atoms with Gasteiger partial charge in [0.15, 0.2) is 0 Å². The maximum Gasteiger partial charge on any atom is 0.126 e. The van der Waals surface area contributed by atoms with Gasteiger partial charge in [-0.3, -0.25) is 0 Å². The lowest BCUT2D eigenvalue weighted by Crippen LogP contribution is -1.95. The monoisotopic (exact) mass is 280 g/mol. The van der Waals surface area contributed by atoms with Crippen molar-refractivity contribution in [1.82, 2.24) is 0 Å². The summed E-state index contributed by atoms with van der Waals surface area (Å²) in [4.78, 5) is 0. The summed E-state index contributed by atoms with van der Waals surface area (Å²) < 4.78 is 0.939. The predicted molar refractivity (Wildman–Crippen MR) is 68.8 cm³/mol. The van der Waals surface area contributed by atoms with E-state index in [1.165, 1.54) is 0 Å². The van der Waals surface area contributed by atoms with E-state index < -0.39 is 0 Å². The molecule has 0 saturated carbocycles. The van der Waals surface area contributed by atoms with E-state index in [4.69, 9.17) is 5.11 Å². The first kappa shape index (κ1) is 11.4. The molecule has 0 spiro atoms. The van der Waals surface area contributed by atoms with Crippen molar-refractivity contribution in [1.29, 1.82) is 0 Å². The molecule has 2 aromatic carbocycles. The van der Waals surface area contributed by atoms with Crippen LogP contribution in [0.2, 0.25) is 0 Å². The normalized spacial score (nSPS) is 10.9. The molecular weight excluding hydrogens is 268 g/mol. The summed E-state index contributed by atoms with van der Waals surface area (Å²) in [6.07, 6.45) is 0.486. The van der Waals surface area contributed by atoms with Crippen LogP contribution in [-0.4, -0.2) is 16.8 Å². The number of aliphatic hydroxyl groups is 1. The molecule has 0 atom stereocenters. The van der Waals surface area contributed by atoms with Gasteiger partial charge in [0.05, 0.1) is 0 Å². The largest absolute Gasteiger partial charge is 0.507 e. The van der Waals surface area contributed by atoms with Gasteiger partial charge in [0.1, 0.15) is 5.75 Å². The fourth-order valence-corrected chi connectivity index (χ4v) is 2.32. The Morgan fingerprint density at radius 2 is 2.00 bits per heavy atom. The van der Waals surface area contributed by atoms with E-state index in [9.17, 15) is 5.11 Å². The van der Waals surface area contributed by atoms with E-state index in [0.717, 1.165) is 26.4 Å². The SMILES string of the molecule is Cc1cc2ccc(Br)cc2c(O)c1CCO. The number of aromatic hydroxyl groups is 1. The first-order chi connectivity index (χ1) is 7.63. The molecule has 0 amide bonds. The summed E-state index contributed by atoms with van der Waals surface area (Å²) in [6, 6.07) is 7.85. The number of aryl methyl sites for hydroxylation is 1. The molecule has 0 aliphatic carbocycles. The Kier molecular flexibility index (Phi) is 3.17. The molecule has 0 bridgehead atoms. The summed E-state index contributed by atoms with van der Waals surface area (Å²) in [5.41, 5.74) is 1.84. The van der Waals surface area contributed by atoms with Gasteiger partial charge in [-0.15, -0.1) is 0 Å². The Balaban J connectivity index is 2.74. The highest BCUT2D eigenvalue weighted by atomic mass is 79.9. The Morgan fingerprint density at radius 3 is 2.69 bits per heavy atom. The number of fused-ring (bicyclic) bond motifs is 1. The van der Waals surface area contributed by atoms with Crippen LogP contribution in [0.4, 0.5) is 0 Å². The van der Waals surface area contributed by atoms with Gasteiger partial charge in [-0.1, -0.05) is 28.1 Å². The number of aliphatic hydroxyl groups excluding tert-OH is 1. The van der Waals surface area contributed by atoms with Crippen molar-refractivity contribution in [2.75, 3.05) is 6.61 Å². The lowest BCUT2D eigenvalue weighted by atomic mass is 9.98. The zero-order chi connectivity index (χ0) is 11.7. The molecule has 0 heterocycles. The summed E-state index contributed by atoms with van der Waals surface area (Å²) in [5, 5.41) is 21.0. The van der Waals surface area contributed by atoms with Crippen LogP contribution in [0.15, 0.2) is 28.7 Å². The lowest BCUT2D eigenvalue weighted by molar-refractivity contribution is 0.297. The van der Waals surface area contributed by atoms with Crippen LogP contribution in [0.3, 0.4) is 0 Å². The highest BCUT2D eigenvalue weighted by Gasteiger charge is 2.09. The lowest BCUT2D eigenvalue weighted by Gasteiger charge is -2.11. The first-order valence-electron chi connectivity index (χ1n) is 5.15. The fourth-order valence-electron chi connectivity index (χ4n) is 1.96. The molecule has 3 heteroatoms. The summed E-state index contributed by atoms with van der Waals surface area (Å²) in [5.74, 6) is 0.283.